The first-order valence-corrected chi connectivity index (χ1v) is 3.62. The molecule has 2 rings (SSSR count). The highest BCUT2D eigenvalue weighted by Crippen LogP contribution is 2.26. The van der Waals surface area contributed by atoms with Gasteiger partial charge >= 0.3 is 0 Å². The van der Waals surface area contributed by atoms with Crippen LogP contribution >= 0.6 is 0 Å². The quantitative estimate of drug-likeness (QED) is 0.634. The SMILES string of the molecule is Cn1ccc2c(O)ccc(F)c21. The lowest BCUT2D eigenvalue weighted by Gasteiger charge is -1.98. The van der Waals surface area contributed by atoms with Crippen molar-refractivity contribution in [2.75, 3.05) is 0 Å². The summed E-state index contributed by atoms with van der Waals surface area (Å²) in [7, 11) is 1.74. The molecule has 0 fully saturated rings. The minimum Gasteiger partial charge on any atom is -0.507 e. The third-order valence-electron chi connectivity index (χ3n) is 1.96. The van der Waals surface area contributed by atoms with Crippen LogP contribution in [-0.4, -0.2) is 9.67 Å². The second-order valence-corrected chi connectivity index (χ2v) is 2.76. The van der Waals surface area contributed by atoms with E-state index in [4.69, 9.17) is 0 Å². The zero-order valence-corrected chi connectivity index (χ0v) is 6.58. The summed E-state index contributed by atoms with van der Waals surface area (Å²) in [5, 5.41) is 9.88. The van der Waals surface area contributed by atoms with Crippen molar-refractivity contribution in [3.63, 3.8) is 0 Å². The van der Waals surface area contributed by atoms with Crippen molar-refractivity contribution < 1.29 is 9.50 Å². The highest BCUT2D eigenvalue weighted by Gasteiger charge is 2.07. The van der Waals surface area contributed by atoms with E-state index in [1.54, 1.807) is 23.9 Å². The molecule has 62 valence electrons. The van der Waals surface area contributed by atoms with E-state index in [9.17, 15) is 9.50 Å². The predicted octanol–water partition coefficient (Wildman–Crippen LogP) is 2.02. The first-order chi connectivity index (χ1) is 5.70. The van der Waals surface area contributed by atoms with Gasteiger partial charge in [0, 0.05) is 18.6 Å². The van der Waals surface area contributed by atoms with Crippen LogP contribution in [0.25, 0.3) is 10.9 Å². The third-order valence-corrected chi connectivity index (χ3v) is 1.96. The van der Waals surface area contributed by atoms with E-state index < -0.39 is 0 Å². The molecular formula is C9H8FNO. The van der Waals surface area contributed by atoms with Gasteiger partial charge in [-0.3, -0.25) is 0 Å². The molecule has 0 aliphatic rings. The molecule has 1 N–H and O–H groups in total. The molecule has 0 saturated heterocycles. The summed E-state index contributed by atoms with van der Waals surface area (Å²) in [6, 6.07) is 4.31. The molecule has 3 heteroatoms. The molecule has 0 aliphatic heterocycles. The molecule has 12 heavy (non-hydrogen) atoms. The normalized spacial score (nSPS) is 10.8. The number of phenolic OH excluding ortho intramolecular Hbond substituents is 1. The van der Waals surface area contributed by atoms with Crippen LogP contribution in [0.15, 0.2) is 24.4 Å². The van der Waals surface area contributed by atoms with Gasteiger partial charge in [0.25, 0.3) is 0 Å². The fourth-order valence-corrected chi connectivity index (χ4v) is 1.35. The topological polar surface area (TPSA) is 25.2 Å². The lowest BCUT2D eigenvalue weighted by atomic mass is 10.2. The fraction of sp³-hybridized carbons (Fsp3) is 0.111. The first kappa shape index (κ1) is 7.16. The summed E-state index contributed by atoms with van der Waals surface area (Å²) in [5.74, 6) is -0.192. The van der Waals surface area contributed by atoms with Crippen LogP contribution in [0, 0.1) is 5.82 Å². The summed E-state index contributed by atoms with van der Waals surface area (Å²) < 4.78 is 14.8. The Kier molecular flexibility index (Phi) is 1.33. The molecule has 2 aromatic rings. The minimum absolute atomic E-state index is 0.118. The summed E-state index contributed by atoms with van der Waals surface area (Å²) in [6.07, 6.45) is 1.72. The van der Waals surface area contributed by atoms with Gasteiger partial charge in [-0.2, -0.15) is 0 Å². The lowest BCUT2D eigenvalue weighted by molar-refractivity contribution is 0.480. The number of hydrogen-bond donors (Lipinski definition) is 1. The molecule has 0 atom stereocenters. The van der Waals surface area contributed by atoms with Crippen LogP contribution < -0.4 is 0 Å². The monoisotopic (exact) mass is 165 g/mol. The Hall–Kier alpha value is -1.51. The average molecular weight is 165 g/mol. The number of aromatic hydroxyl groups is 1. The van der Waals surface area contributed by atoms with Gasteiger partial charge in [-0.15, -0.1) is 0 Å². The number of hydrogen-bond acceptors (Lipinski definition) is 1. The second kappa shape index (κ2) is 2.24. The van der Waals surface area contributed by atoms with Gasteiger partial charge in [0.05, 0.1) is 5.52 Å². The van der Waals surface area contributed by atoms with Crippen molar-refractivity contribution in [3.05, 3.63) is 30.2 Å². The van der Waals surface area contributed by atoms with Crippen molar-refractivity contribution in [1.29, 1.82) is 0 Å². The van der Waals surface area contributed by atoms with Gasteiger partial charge in [0.1, 0.15) is 11.6 Å². The van der Waals surface area contributed by atoms with E-state index in [0.717, 1.165) is 0 Å². The number of fused-ring (bicyclic) bond motifs is 1. The number of aromatic nitrogens is 1. The Bertz CT molecular complexity index is 433. The maximum Gasteiger partial charge on any atom is 0.147 e. The zero-order chi connectivity index (χ0) is 8.72. The third kappa shape index (κ3) is 0.794. The number of rotatable bonds is 0. The van der Waals surface area contributed by atoms with Crippen molar-refractivity contribution in [2.24, 2.45) is 7.05 Å². The number of halogens is 1. The van der Waals surface area contributed by atoms with Gasteiger partial charge in [-0.25, -0.2) is 4.39 Å². The molecule has 0 aliphatic carbocycles. The van der Waals surface area contributed by atoms with Gasteiger partial charge < -0.3 is 9.67 Å². The predicted molar refractivity (Wildman–Crippen MR) is 44.5 cm³/mol. The summed E-state index contributed by atoms with van der Waals surface area (Å²) in [5.41, 5.74) is 0.440. The zero-order valence-electron chi connectivity index (χ0n) is 6.58. The average Bonchev–Trinajstić information content (AvgIpc) is 2.42. The van der Waals surface area contributed by atoms with Crippen LogP contribution in [0.3, 0.4) is 0 Å². The largest absolute Gasteiger partial charge is 0.507 e. The number of nitrogens with zero attached hydrogens (tertiary/aromatic N) is 1. The Morgan fingerprint density at radius 2 is 2.08 bits per heavy atom. The van der Waals surface area contributed by atoms with E-state index in [-0.39, 0.29) is 11.6 Å². The van der Waals surface area contributed by atoms with Crippen molar-refractivity contribution in [3.8, 4) is 5.75 Å². The molecule has 0 bridgehead atoms. The highest BCUT2D eigenvalue weighted by atomic mass is 19.1. The second-order valence-electron chi connectivity index (χ2n) is 2.76. The summed E-state index contributed by atoms with van der Waals surface area (Å²) >= 11 is 0. The molecule has 0 saturated carbocycles. The van der Waals surface area contributed by atoms with Crippen LogP contribution in [0.1, 0.15) is 0 Å². The number of phenols is 1. The van der Waals surface area contributed by atoms with Gasteiger partial charge in [0.15, 0.2) is 0 Å². The molecule has 0 radical (unpaired) electrons. The molecule has 2 nitrogen and oxygen atoms in total. The maximum absolute atomic E-state index is 13.1. The maximum atomic E-state index is 13.1. The van der Waals surface area contributed by atoms with E-state index in [1.165, 1.54) is 12.1 Å². The molecule has 1 heterocycles. The van der Waals surface area contributed by atoms with E-state index >= 15 is 0 Å². The van der Waals surface area contributed by atoms with Gasteiger partial charge in [-0.05, 0) is 18.2 Å². The Morgan fingerprint density at radius 1 is 1.33 bits per heavy atom. The number of aryl methyl sites for hydroxylation is 1. The van der Waals surface area contributed by atoms with E-state index in [2.05, 4.69) is 0 Å². The fourth-order valence-electron chi connectivity index (χ4n) is 1.35. The Labute approximate surface area is 68.9 Å². The van der Waals surface area contributed by atoms with Crippen LogP contribution in [-0.2, 0) is 7.05 Å². The molecular weight excluding hydrogens is 157 g/mol. The first-order valence-electron chi connectivity index (χ1n) is 3.62. The molecule has 1 aromatic carbocycles. The Balaban J connectivity index is 2.98. The highest BCUT2D eigenvalue weighted by molar-refractivity contribution is 5.86. The molecule has 1 aromatic heterocycles. The van der Waals surface area contributed by atoms with Crippen LogP contribution in [0.4, 0.5) is 4.39 Å². The molecule has 0 spiro atoms. The van der Waals surface area contributed by atoms with Crippen LogP contribution in [0.5, 0.6) is 5.75 Å². The van der Waals surface area contributed by atoms with Gasteiger partial charge in [-0.1, -0.05) is 0 Å². The van der Waals surface area contributed by atoms with Crippen molar-refractivity contribution >= 4 is 10.9 Å². The Morgan fingerprint density at radius 3 is 2.75 bits per heavy atom. The standard InChI is InChI=1S/C9H8FNO/c1-11-5-4-6-8(12)3-2-7(10)9(6)11/h2-5,12H,1H3. The minimum atomic E-state index is -0.310. The number of benzene rings is 1. The molecule has 0 unspecified atom stereocenters. The van der Waals surface area contributed by atoms with Gasteiger partial charge in [0.2, 0.25) is 0 Å². The van der Waals surface area contributed by atoms with Crippen LogP contribution in [0.2, 0.25) is 0 Å². The lowest BCUT2D eigenvalue weighted by Crippen LogP contribution is -1.87. The van der Waals surface area contributed by atoms with E-state index in [1.807, 2.05) is 0 Å². The smallest absolute Gasteiger partial charge is 0.147 e. The van der Waals surface area contributed by atoms with E-state index in [0.29, 0.717) is 10.9 Å². The van der Waals surface area contributed by atoms with Crippen molar-refractivity contribution in [1.82, 2.24) is 4.57 Å². The summed E-state index contributed by atoms with van der Waals surface area (Å²) in [4.78, 5) is 0. The molecule has 0 amide bonds. The summed E-state index contributed by atoms with van der Waals surface area (Å²) in [6.45, 7) is 0. The van der Waals surface area contributed by atoms with Crippen molar-refractivity contribution in [2.45, 2.75) is 0 Å².